The van der Waals surface area contributed by atoms with Gasteiger partial charge >= 0.3 is 5.91 Å². The van der Waals surface area contributed by atoms with Crippen molar-refractivity contribution in [3.63, 3.8) is 0 Å². The van der Waals surface area contributed by atoms with E-state index in [0.29, 0.717) is 6.42 Å². The van der Waals surface area contributed by atoms with Gasteiger partial charge in [-0.15, -0.1) is 0 Å². The second-order valence-corrected chi connectivity index (χ2v) is 3.24. The Bertz CT molecular complexity index is 398. The van der Waals surface area contributed by atoms with Crippen LogP contribution in [0.15, 0.2) is 36.0 Å². The lowest BCUT2D eigenvalue weighted by molar-refractivity contribution is -0.610. The first-order valence-electron chi connectivity index (χ1n) is 4.43. The van der Waals surface area contributed by atoms with Crippen LogP contribution in [0.4, 0.5) is 5.69 Å². The number of nitrogen functional groups attached to an aromatic ring is 1. The standard InChI is InChI=1S/C10H11N3O/c11-9-4-2-1-3-7(9)5-8-6-10(14)13-12-8/h1-4,6H,5,11H2,(H2,12,13,14)/p+1. The summed E-state index contributed by atoms with van der Waals surface area (Å²) in [6, 6.07) is 7.65. The molecule has 5 N–H and O–H groups in total. The van der Waals surface area contributed by atoms with Gasteiger partial charge in [-0.2, -0.15) is 5.43 Å². The predicted molar refractivity (Wildman–Crippen MR) is 52.7 cm³/mol. The lowest BCUT2D eigenvalue weighted by Crippen LogP contribution is -2.93. The molecular weight excluding hydrogens is 178 g/mol. The van der Waals surface area contributed by atoms with Gasteiger partial charge in [0.25, 0.3) is 0 Å². The Labute approximate surface area is 81.8 Å². The van der Waals surface area contributed by atoms with Crippen LogP contribution in [0.2, 0.25) is 0 Å². The summed E-state index contributed by atoms with van der Waals surface area (Å²) >= 11 is 0. The van der Waals surface area contributed by atoms with E-state index in [2.05, 4.69) is 5.43 Å². The van der Waals surface area contributed by atoms with Gasteiger partial charge in [-0.25, -0.2) is 10.2 Å². The van der Waals surface area contributed by atoms with E-state index < -0.39 is 0 Å². The molecule has 0 saturated carbocycles. The quantitative estimate of drug-likeness (QED) is 0.426. The third-order valence-corrected chi connectivity index (χ3v) is 2.15. The predicted octanol–water partition coefficient (Wildman–Crippen LogP) is -0.697. The second kappa shape index (κ2) is 3.51. The van der Waals surface area contributed by atoms with Gasteiger partial charge in [-0.3, -0.25) is 0 Å². The second-order valence-electron chi connectivity index (χ2n) is 3.24. The number of quaternary nitrogens is 1. The average Bonchev–Trinajstić information content (AvgIpc) is 2.56. The Morgan fingerprint density at radius 2 is 2.14 bits per heavy atom. The summed E-state index contributed by atoms with van der Waals surface area (Å²) in [5, 5.41) is 0. The molecule has 4 heteroatoms. The number of rotatable bonds is 2. The van der Waals surface area contributed by atoms with Crippen molar-refractivity contribution >= 4 is 11.6 Å². The van der Waals surface area contributed by atoms with Crippen LogP contribution >= 0.6 is 0 Å². The summed E-state index contributed by atoms with van der Waals surface area (Å²) in [4.78, 5) is 10.9. The normalized spacial score (nSPS) is 15.1. The van der Waals surface area contributed by atoms with E-state index in [9.17, 15) is 4.79 Å². The van der Waals surface area contributed by atoms with Crippen molar-refractivity contribution in [2.75, 3.05) is 5.73 Å². The number of para-hydroxylation sites is 1. The molecule has 4 nitrogen and oxygen atoms in total. The number of nitrogens with two attached hydrogens (primary N) is 2. The highest BCUT2D eigenvalue weighted by atomic mass is 16.2. The largest absolute Gasteiger partial charge is 0.398 e. The molecule has 0 bridgehead atoms. The van der Waals surface area contributed by atoms with E-state index in [1.807, 2.05) is 24.3 Å². The van der Waals surface area contributed by atoms with Gasteiger partial charge in [0, 0.05) is 12.1 Å². The Balaban J connectivity index is 2.15. The molecule has 0 spiro atoms. The molecule has 0 fully saturated rings. The number of hydrogen-bond acceptors (Lipinski definition) is 3. The van der Waals surface area contributed by atoms with E-state index in [0.717, 1.165) is 16.9 Å². The van der Waals surface area contributed by atoms with E-state index in [-0.39, 0.29) is 5.91 Å². The summed E-state index contributed by atoms with van der Waals surface area (Å²) in [7, 11) is 0. The molecule has 1 aliphatic heterocycles. The number of hydrogen-bond donors (Lipinski definition) is 3. The van der Waals surface area contributed by atoms with E-state index in [1.54, 1.807) is 6.08 Å². The highest BCUT2D eigenvalue weighted by molar-refractivity contribution is 5.81. The zero-order valence-corrected chi connectivity index (χ0v) is 7.66. The van der Waals surface area contributed by atoms with Crippen LogP contribution in [0.1, 0.15) is 5.56 Å². The molecule has 72 valence electrons. The molecule has 0 atom stereocenters. The van der Waals surface area contributed by atoms with Crippen molar-refractivity contribution in [2.45, 2.75) is 6.42 Å². The zero-order chi connectivity index (χ0) is 9.97. The van der Waals surface area contributed by atoms with Crippen molar-refractivity contribution in [3.05, 3.63) is 41.6 Å². The number of allylic oxidation sites excluding steroid dienone is 1. The molecule has 0 saturated heterocycles. The van der Waals surface area contributed by atoms with Crippen molar-refractivity contribution < 1.29 is 10.2 Å². The molecular formula is C10H12N3O+. The minimum atomic E-state index is 0.00880. The molecule has 0 aromatic heterocycles. The van der Waals surface area contributed by atoms with Gasteiger partial charge in [0.2, 0.25) is 0 Å². The average molecular weight is 190 g/mol. The maximum atomic E-state index is 10.9. The van der Waals surface area contributed by atoms with Crippen molar-refractivity contribution in [1.29, 1.82) is 0 Å². The monoisotopic (exact) mass is 190 g/mol. The van der Waals surface area contributed by atoms with Crippen molar-refractivity contribution in [3.8, 4) is 0 Å². The first-order chi connectivity index (χ1) is 6.75. The number of carbonyl (C=O) groups is 1. The molecule has 1 aliphatic rings. The Kier molecular flexibility index (Phi) is 2.20. The fourth-order valence-electron chi connectivity index (χ4n) is 1.42. The number of benzene rings is 1. The van der Waals surface area contributed by atoms with Gasteiger partial charge in [-0.05, 0) is 11.6 Å². The van der Waals surface area contributed by atoms with Gasteiger partial charge in [0.15, 0.2) is 0 Å². The minimum Gasteiger partial charge on any atom is -0.398 e. The third-order valence-electron chi connectivity index (χ3n) is 2.15. The smallest absolute Gasteiger partial charge is 0.361 e. The highest BCUT2D eigenvalue weighted by Gasteiger charge is 2.15. The number of amides is 1. The number of nitrogens with one attached hydrogen (secondary N) is 1. The summed E-state index contributed by atoms with van der Waals surface area (Å²) in [6.45, 7) is 0. The molecule has 1 heterocycles. The van der Waals surface area contributed by atoms with E-state index in [1.165, 1.54) is 5.43 Å². The summed E-state index contributed by atoms with van der Waals surface area (Å²) in [6.07, 6.45) is 2.27. The Morgan fingerprint density at radius 1 is 1.36 bits per heavy atom. The molecule has 0 unspecified atom stereocenters. The molecule has 1 aromatic carbocycles. The third kappa shape index (κ3) is 1.75. The van der Waals surface area contributed by atoms with E-state index >= 15 is 0 Å². The fraction of sp³-hybridized carbons (Fsp3) is 0.100. The van der Waals surface area contributed by atoms with Crippen LogP contribution in [0.25, 0.3) is 0 Å². The minimum absolute atomic E-state index is 0.00880. The van der Waals surface area contributed by atoms with Crippen molar-refractivity contribution in [2.24, 2.45) is 0 Å². The summed E-state index contributed by atoms with van der Waals surface area (Å²) in [5.74, 6) is 0.00880. The lowest BCUT2D eigenvalue weighted by atomic mass is 10.1. The van der Waals surface area contributed by atoms with E-state index in [4.69, 9.17) is 5.73 Å². The summed E-state index contributed by atoms with van der Waals surface area (Å²) in [5.41, 5.74) is 12.8. The van der Waals surface area contributed by atoms with Crippen LogP contribution in [0.5, 0.6) is 0 Å². The molecule has 0 aliphatic carbocycles. The maximum absolute atomic E-state index is 10.9. The van der Waals surface area contributed by atoms with Crippen LogP contribution in [-0.4, -0.2) is 5.91 Å². The molecule has 14 heavy (non-hydrogen) atoms. The van der Waals surface area contributed by atoms with Gasteiger partial charge < -0.3 is 5.73 Å². The molecule has 0 radical (unpaired) electrons. The lowest BCUT2D eigenvalue weighted by Gasteiger charge is -2.04. The van der Waals surface area contributed by atoms with Gasteiger partial charge in [0.1, 0.15) is 0 Å². The van der Waals surface area contributed by atoms with Crippen LogP contribution in [0.3, 0.4) is 0 Å². The van der Waals surface area contributed by atoms with Crippen molar-refractivity contribution in [1.82, 2.24) is 5.43 Å². The topological polar surface area (TPSA) is 71.7 Å². The zero-order valence-electron chi connectivity index (χ0n) is 7.66. The molecule has 1 amide bonds. The van der Waals surface area contributed by atoms with Crippen LogP contribution in [0, 0.1) is 0 Å². The Morgan fingerprint density at radius 3 is 2.79 bits per heavy atom. The first-order valence-corrected chi connectivity index (χ1v) is 4.43. The van der Waals surface area contributed by atoms with Gasteiger partial charge in [0.05, 0.1) is 11.8 Å². The molecule has 2 rings (SSSR count). The highest BCUT2D eigenvalue weighted by Crippen LogP contribution is 2.14. The maximum Gasteiger partial charge on any atom is 0.361 e. The Hall–Kier alpha value is -1.81. The first kappa shape index (κ1) is 8.77. The number of primary amides is 1. The fourth-order valence-corrected chi connectivity index (χ4v) is 1.42. The van der Waals surface area contributed by atoms with Crippen LogP contribution < -0.4 is 16.6 Å². The summed E-state index contributed by atoms with van der Waals surface area (Å²) < 4.78 is 0. The number of anilines is 1. The molecule has 1 aromatic rings. The van der Waals surface area contributed by atoms with Gasteiger partial charge in [-0.1, -0.05) is 18.2 Å². The number of carbonyl (C=O) groups excluding carboxylic acids is 1. The van der Waals surface area contributed by atoms with Crippen LogP contribution in [-0.2, 0) is 11.2 Å². The SMILES string of the molecule is Nc1ccccc1CC1=CC(=O)[NH2+]N1.